The summed E-state index contributed by atoms with van der Waals surface area (Å²) in [5.74, 6) is 1.33. The quantitative estimate of drug-likeness (QED) is 0.355. The van der Waals surface area contributed by atoms with Crippen LogP contribution in [0.15, 0.2) is 36.4 Å². The number of benzene rings is 1. The first-order valence-corrected chi connectivity index (χ1v) is 10.3. The molecule has 1 fully saturated rings. The molecule has 2 aliphatic carbocycles. The summed E-state index contributed by atoms with van der Waals surface area (Å²) in [5, 5.41) is 10.7. The molecule has 1 saturated heterocycles. The lowest BCUT2D eigenvalue weighted by molar-refractivity contribution is -0.139. The molecule has 1 aromatic carbocycles. The Labute approximate surface area is 170 Å². The van der Waals surface area contributed by atoms with Crippen molar-refractivity contribution >= 4 is 5.97 Å². The number of esters is 1. The Balaban J connectivity index is 1.46. The maximum absolute atomic E-state index is 11.5. The molecule has 0 saturated carbocycles. The summed E-state index contributed by atoms with van der Waals surface area (Å²) in [5.41, 5.74) is 2.68. The van der Waals surface area contributed by atoms with E-state index in [9.17, 15) is 9.90 Å². The number of carbonyl (C=O) groups excluding carboxylic acids is 1. The number of piperidine rings is 1. The van der Waals surface area contributed by atoms with E-state index in [0.717, 1.165) is 25.1 Å². The predicted molar refractivity (Wildman–Crippen MR) is 107 cm³/mol. The summed E-state index contributed by atoms with van der Waals surface area (Å²) < 4.78 is 17.5. The van der Waals surface area contributed by atoms with Crippen molar-refractivity contribution in [3.8, 4) is 11.5 Å². The van der Waals surface area contributed by atoms with E-state index in [1.165, 1.54) is 11.1 Å². The summed E-state index contributed by atoms with van der Waals surface area (Å²) in [6.07, 6.45) is 5.11. The Bertz CT molecular complexity index is 909. The Hall–Kier alpha value is -2.31. The highest BCUT2D eigenvalue weighted by atomic mass is 16.6. The Morgan fingerprint density at radius 3 is 3.00 bits per heavy atom. The van der Waals surface area contributed by atoms with Gasteiger partial charge >= 0.3 is 5.97 Å². The molecular formula is C23H27NO5. The Morgan fingerprint density at radius 1 is 1.38 bits per heavy atom. The van der Waals surface area contributed by atoms with Crippen LogP contribution in [-0.2, 0) is 21.4 Å². The highest BCUT2D eigenvalue weighted by Crippen LogP contribution is 2.62. The third-order valence-corrected chi connectivity index (χ3v) is 7.06. The Morgan fingerprint density at radius 2 is 2.21 bits per heavy atom. The standard InChI is InChI=1S/C23H27NO5/c1-13(2)22(26)28-11-10-27-18-7-4-14-12-16-15-5-6-17(25)21-23(15,8-9-24(16)3)19(14)20(18)29-21/h4-7,15-17,21,25H,1,8-12H2,2-3H3/t15-,16+,17-,21-,23-/m0/s1. The number of aliphatic hydroxyl groups excluding tert-OH is 1. The van der Waals surface area contributed by atoms with Crippen molar-refractivity contribution < 1.29 is 24.1 Å². The van der Waals surface area contributed by atoms with E-state index in [4.69, 9.17) is 14.2 Å². The van der Waals surface area contributed by atoms with Gasteiger partial charge < -0.3 is 24.2 Å². The van der Waals surface area contributed by atoms with Crippen LogP contribution >= 0.6 is 0 Å². The van der Waals surface area contributed by atoms with E-state index in [1.54, 1.807) is 6.92 Å². The zero-order valence-electron chi connectivity index (χ0n) is 16.9. The molecule has 0 radical (unpaired) electrons. The van der Waals surface area contributed by atoms with Crippen LogP contribution in [0, 0.1) is 5.92 Å². The molecule has 1 spiro atoms. The molecule has 2 aliphatic heterocycles. The lowest BCUT2D eigenvalue weighted by Gasteiger charge is -2.56. The van der Waals surface area contributed by atoms with Crippen LogP contribution in [-0.4, -0.2) is 61.0 Å². The smallest absolute Gasteiger partial charge is 0.333 e. The number of rotatable bonds is 5. The van der Waals surface area contributed by atoms with E-state index in [-0.39, 0.29) is 24.7 Å². The van der Waals surface area contributed by atoms with Crippen molar-refractivity contribution in [3.63, 3.8) is 0 Å². The number of hydrogen-bond acceptors (Lipinski definition) is 6. The van der Waals surface area contributed by atoms with Crippen molar-refractivity contribution in [2.24, 2.45) is 5.92 Å². The number of nitrogens with zero attached hydrogens (tertiary/aromatic N) is 1. The number of likely N-dealkylation sites (N-methyl/N-ethyl adjacent to an activating group) is 1. The molecule has 6 heteroatoms. The third kappa shape index (κ3) is 2.58. The lowest BCUT2D eigenvalue weighted by Crippen LogP contribution is -2.64. The molecule has 154 valence electrons. The van der Waals surface area contributed by atoms with E-state index in [2.05, 4.69) is 30.7 Å². The van der Waals surface area contributed by atoms with Gasteiger partial charge in [-0.2, -0.15) is 0 Å². The molecule has 5 rings (SSSR count). The molecule has 29 heavy (non-hydrogen) atoms. The summed E-state index contributed by atoms with van der Waals surface area (Å²) >= 11 is 0. The average molecular weight is 397 g/mol. The van der Waals surface area contributed by atoms with Gasteiger partial charge in [-0.25, -0.2) is 4.79 Å². The fourth-order valence-corrected chi connectivity index (χ4v) is 5.75. The minimum Gasteiger partial charge on any atom is -0.486 e. The second kappa shape index (κ2) is 6.61. The van der Waals surface area contributed by atoms with Gasteiger partial charge in [0, 0.05) is 28.5 Å². The maximum Gasteiger partial charge on any atom is 0.333 e. The van der Waals surface area contributed by atoms with Crippen molar-refractivity contribution in [2.45, 2.75) is 43.4 Å². The van der Waals surface area contributed by atoms with Gasteiger partial charge in [-0.1, -0.05) is 24.8 Å². The lowest BCUT2D eigenvalue weighted by atomic mass is 9.53. The van der Waals surface area contributed by atoms with Crippen molar-refractivity contribution in [3.05, 3.63) is 47.6 Å². The van der Waals surface area contributed by atoms with Crippen LogP contribution in [0.3, 0.4) is 0 Å². The van der Waals surface area contributed by atoms with Crippen molar-refractivity contribution in [1.82, 2.24) is 4.90 Å². The van der Waals surface area contributed by atoms with Gasteiger partial charge in [-0.05, 0) is 45.0 Å². The van der Waals surface area contributed by atoms with Crippen LogP contribution in [0.25, 0.3) is 0 Å². The number of carbonyl (C=O) groups is 1. The molecule has 1 aromatic rings. The van der Waals surface area contributed by atoms with Gasteiger partial charge in [0.1, 0.15) is 25.4 Å². The Kier molecular flexibility index (Phi) is 4.26. The van der Waals surface area contributed by atoms with E-state index >= 15 is 0 Å². The first-order valence-electron chi connectivity index (χ1n) is 10.3. The zero-order chi connectivity index (χ0) is 20.3. The van der Waals surface area contributed by atoms with E-state index in [1.807, 2.05) is 12.1 Å². The number of aliphatic hydroxyl groups is 1. The molecule has 2 heterocycles. The highest BCUT2D eigenvalue weighted by molar-refractivity contribution is 5.86. The largest absolute Gasteiger partial charge is 0.486 e. The monoisotopic (exact) mass is 397 g/mol. The molecule has 0 unspecified atom stereocenters. The number of likely N-dealkylation sites (tertiary alicyclic amines) is 1. The van der Waals surface area contributed by atoms with Crippen molar-refractivity contribution in [2.75, 3.05) is 26.8 Å². The van der Waals surface area contributed by atoms with Gasteiger partial charge in [0.25, 0.3) is 0 Å². The summed E-state index contributed by atoms with van der Waals surface area (Å²) in [6.45, 7) is 6.57. The topological polar surface area (TPSA) is 68.2 Å². The molecule has 2 bridgehead atoms. The van der Waals surface area contributed by atoms with Crippen LogP contribution in [0.5, 0.6) is 11.5 Å². The van der Waals surface area contributed by atoms with E-state index < -0.39 is 12.1 Å². The number of ether oxygens (including phenoxy) is 3. The van der Waals surface area contributed by atoms with E-state index in [0.29, 0.717) is 23.3 Å². The van der Waals surface area contributed by atoms with Crippen LogP contribution in [0.4, 0.5) is 0 Å². The SMILES string of the molecule is C=C(C)C(=O)OCCOc1ccc2c3c1O[C@H]1[C@@H](O)C=C[C@H]4[C@@H](C2)N(C)CC[C@@]341. The molecular weight excluding hydrogens is 370 g/mol. The summed E-state index contributed by atoms with van der Waals surface area (Å²) in [7, 11) is 2.19. The number of hydrogen-bond donors (Lipinski definition) is 1. The second-order valence-electron chi connectivity index (χ2n) is 8.67. The molecule has 4 aliphatic rings. The van der Waals surface area contributed by atoms with Gasteiger partial charge in [0.2, 0.25) is 0 Å². The van der Waals surface area contributed by atoms with Gasteiger partial charge in [-0.15, -0.1) is 0 Å². The average Bonchev–Trinajstić information content (AvgIpc) is 3.05. The molecule has 0 aromatic heterocycles. The fourth-order valence-electron chi connectivity index (χ4n) is 5.75. The van der Waals surface area contributed by atoms with Crippen LogP contribution < -0.4 is 9.47 Å². The third-order valence-electron chi connectivity index (χ3n) is 7.06. The first kappa shape index (κ1) is 18.7. The van der Waals surface area contributed by atoms with Gasteiger partial charge in [0.05, 0.1) is 0 Å². The van der Waals surface area contributed by atoms with Crippen molar-refractivity contribution in [1.29, 1.82) is 0 Å². The van der Waals surface area contributed by atoms with Crippen LogP contribution in [0.1, 0.15) is 24.5 Å². The molecule has 0 amide bonds. The van der Waals surface area contributed by atoms with Gasteiger partial charge in [0.15, 0.2) is 11.5 Å². The first-order chi connectivity index (χ1) is 13.9. The molecule has 5 atom stereocenters. The predicted octanol–water partition coefficient (Wildman–Crippen LogP) is 1.99. The fraction of sp³-hybridized carbons (Fsp3) is 0.522. The zero-order valence-corrected chi connectivity index (χ0v) is 16.9. The minimum absolute atomic E-state index is 0.149. The summed E-state index contributed by atoms with van der Waals surface area (Å²) in [4.78, 5) is 14.0. The van der Waals surface area contributed by atoms with Gasteiger partial charge in [-0.3, -0.25) is 0 Å². The highest BCUT2D eigenvalue weighted by Gasteiger charge is 2.64. The minimum atomic E-state index is -0.627. The normalized spacial score (nSPS) is 33.6. The summed E-state index contributed by atoms with van der Waals surface area (Å²) in [6, 6.07) is 4.50. The second-order valence-corrected chi connectivity index (χ2v) is 8.67. The molecule has 1 N–H and O–H groups in total. The maximum atomic E-state index is 11.5. The van der Waals surface area contributed by atoms with Crippen LogP contribution in [0.2, 0.25) is 0 Å². The molecule has 6 nitrogen and oxygen atoms in total.